The SMILES string of the molecule is Cc1nn(C)cc1CNC(C)c1cc2cc(Br)ccc2o1. The van der Waals surface area contributed by atoms with Crippen LogP contribution in [0.2, 0.25) is 0 Å². The summed E-state index contributed by atoms with van der Waals surface area (Å²) in [6.07, 6.45) is 2.05. The molecule has 0 aliphatic rings. The summed E-state index contributed by atoms with van der Waals surface area (Å²) in [6, 6.07) is 8.29. The average Bonchev–Trinajstić information content (AvgIpc) is 2.98. The molecule has 3 aromatic rings. The van der Waals surface area contributed by atoms with Gasteiger partial charge in [-0.2, -0.15) is 5.10 Å². The zero-order valence-electron chi connectivity index (χ0n) is 12.4. The topological polar surface area (TPSA) is 43.0 Å². The Balaban J connectivity index is 1.74. The molecule has 0 bridgehead atoms. The van der Waals surface area contributed by atoms with Gasteiger partial charge in [-0.05, 0) is 38.1 Å². The van der Waals surface area contributed by atoms with E-state index < -0.39 is 0 Å². The van der Waals surface area contributed by atoms with Gasteiger partial charge in [-0.1, -0.05) is 15.9 Å². The van der Waals surface area contributed by atoms with Crippen molar-refractivity contribution in [3.63, 3.8) is 0 Å². The number of aryl methyl sites for hydroxylation is 2. The Morgan fingerprint density at radius 1 is 1.38 bits per heavy atom. The molecule has 1 aromatic carbocycles. The third kappa shape index (κ3) is 3.04. The van der Waals surface area contributed by atoms with Crippen molar-refractivity contribution in [3.05, 3.63) is 52.0 Å². The zero-order chi connectivity index (χ0) is 15.0. The minimum Gasteiger partial charge on any atom is -0.459 e. The van der Waals surface area contributed by atoms with Gasteiger partial charge in [-0.25, -0.2) is 0 Å². The van der Waals surface area contributed by atoms with Gasteiger partial charge in [-0.3, -0.25) is 4.68 Å². The largest absolute Gasteiger partial charge is 0.459 e. The number of fused-ring (bicyclic) bond motifs is 1. The summed E-state index contributed by atoms with van der Waals surface area (Å²) in [4.78, 5) is 0. The normalized spacial score (nSPS) is 13.0. The standard InChI is InChI=1S/C16H18BrN3O/c1-10-13(9-20(3)19-10)8-18-11(2)16-7-12-6-14(17)4-5-15(12)21-16/h4-7,9,11,18H,8H2,1-3H3. The van der Waals surface area contributed by atoms with Crippen molar-refractivity contribution in [3.8, 4) is 0 Å². The van der Waals surface area contributed by atoms with Crippen molar-refractivity contribution in [1.82, 2.24) is 15.1 Å². The predicted octanol–water partition coefficient (Wildman–Crippen LogP) is 4.09. The van der Waals surface area contributed by atoms with E-state index in [1.807, 2.05) is 37.0 Å². The first-order valence-corrected chi connectivity index (χ1v) is 7.74. The van der Waals surface area contributed by atoms with Crippen LogP contribution in [-0.2, 0) is 13.6 Å². The average molecular weight is 348 g/mol. The van der Waals surface area contributed by atoms with Crippen molar-refractivity contribution in [2.45, 2.75) is 26.4 Å². The number of hydrogen-bond acceptors (Lipinski definition) is 3. The first-order chi connectivity index (χ1) is 10.0. The maximum absolute atomic E-state index is 5.90. The Kier molecular flexibility index (Phi) is 3.87. The van der Waals surface area contributed by atoms with Crippen LogP contribution in [0.5, 0.6) is 0 Å². The molecule has 110 valence electrons. The number of hydrogen-bond donors (Lipinski definition) is 1. The molecule has 0 amide bonds. The van der Waals surface area contributed by atoms with Crippen LogP contribution in [0.25, 0.3) is 11.0 Å². The highest BCUT2D eigenvalue weighted by Gasteiger charge is 2.12. The van der Waals surface area contributed by atoms with E-state index in [9.17, 15) is 0 Å². The second-order valence-electron chi connectivity index (χ2n) is 5.35. The van der Waals surface area contributed by atoms with Crippen LogP contribution in [0.1, 0.15) is 30.0 Å². The first-order valence-electron chi connectivity index (χ1n) is 6.94. The molecule has 1 unspecified atom stereocenters. The smallest absolute Gasteiger partial charge is 0.134 e. The number of furan rings is 1. The summed E-state index contributed by atoms with van der Waals surface area (Å²) in [7, 11) is 1.94. The maximum atomic E-state index is 5.90. The summed E-state index contributed by atoms with van der Waals surface area (Å²) >= 11 is 3.48. The molecule has 3 rings (SSSR count). The first kappa shape index (κ1) is 14.4. The summed E-state index contributed by atoms with van der Waals surface area (Å²) in [5.41, 5.74) is 3.19. The van der Waals surface area contributed by atoms with Gasteiger partial charge in [0, 0.05) is 35.2 Å². The van der Waals surface area contributed by atoms with Crippen LogP contribution in [0.3, 0.4) is 0 Å². The Morgan fingerprint density at radius 2 is 2.19 bits per heavy atom. The summed E-state index contributed by atoms with van der Waals surface area (Å²) in [6.45, 7) is 4.92. The Hall–Kier alpha value is -1.59. The molecule has 0 aliphatic carbocycles. The Bertz CT molecular complexity index is 775. The molecule has 0 fully saturated rings. The molecule has 21 heavy (non-hydrogen) atoms. The van der Waals surface area contributed by atoms with E-state index >= 15 is 0 Å². The van der Waals surface area contributed by atoms with E-state index in [0.29, 0.717) is 0 Å². The van der Waals surface area contributed by atoms with Crippen LogP contribution in [0, 0.1) is 6.92 Å². The van der Waals surface area contributed by atoms with Crippen LogP contribution in [0.15, 0.2) is 39.4 Å². The van der Waals surface area contributed by atoms with Crippen LogP contribution in [0.4, 0.5) is 0 Å². The molecule has 0 saturated carbocycles. The minimum atomic E-state index is 0.149. The van der Waals surface area contributed by atoms with E-state index in [1.165, 1.54) is 5.56 Å². The zero-order valence-corrected chi connectivity index (χ0v) is 13.9. The lowest BCUT2D eigenvalue weighted by Crippen LogP contribution is -2.17. The fourth-order valence-electron chi connectivity index (χ4n) is 2.43. The summed E-state index contributed by atoms with van der Waals surface area (Å²) < 4.78 is 8.81. The van der Waals surface area contributed by atoms with Crippen LogP contribution < -0.4 is 5.32 Å². The molecule has 0 spiro atoms. The molecule has 4 nitrogen and oxygen atoms in total. The maximum Gasteiger partial charge on any atom is 0.134 e. The number of rotatable bonds is 4. The third-order valence-corrected chi connectivity index (χ3v) is 4.13. The number of benzene rings is 1. The monoisotopic (exact) mass is 347 g/mol. The molecule has 0 saturated heterocycles. The molecule has 2 heterocycles. The van der Waals surface area contributed by atoms with Gasteiger partial charge in [0.05, 0.1) is 11.7 Å². The number of halogens is 1. The lowest BCUT2D eigenvalue weighted by Gasteiger charge is -2.10. The lowest BCUT2D eigenvalue weighted by molar-refractivity contribution is 0.450. The minimum absolute atomic E-state index is 0.149. The second-order valence-corrected chi connectivity index (χ2v) is 6.26. The number of nitrogens with one attached hydrogen (secondary N) is 1. The molecule has 0 aliphatic heterocycles. The Labute approximate surface area is 132 Å². The predicted molar refractivity (Wildman–Crippen MR) is 87.1 cm³/mol. The summed E-state index contributed by atoms with van der Waals surface area (Å²) in [5.74, 6) is 0.949. The fraction of sp³-hybridized carbons (Fsp3) is 0.312. The van der Waals surface area contributed by atoms with Gasteiger partial charge in [0.25, 0.3) is 0 Å². The highest BCUT2D eigenvalue weighted by molar-refractivity contribution is 9.10. The van der Waals surface area contributed by atoms with Gasteiger partial charge in [-0.15, -0.1) is 0 Å². The molecular formula is C16H18BrN3O. The van der Waals surface area contributed by atoms with Gasteiger partial charge < -0.3 is 9.73 Å². The van der Waals surface area contributed by atoms with E-state index in [-0.39, 0.29) is 6.04 Å². The van der Waals surface area contributed by atoms with Crippen molar-refractivity contribution < 1.29 is 4.42 Å². The quantitative estimate of drug-likeness (QED) is 0.772. The van der Waals surface area contributed by atoms with Crippen molar-refractivity contribution >= 4 is 26.9 Å². The second kappa shape index (κ2) is 5.66. The van der Waals surface area contributed by atoms with Gasteiger partial charge >= 0.3 is 0 Å². The van der Waals surface area contributed by atoms with Crippen LogP contribution in [-0.4, -0.2) is 9.78 Å². The lowest BCUT2D eigenvalue weighted by atomic mass is 10.2. The van der Waals surface area contributed by atoms with E-state index in [4.69, 9.17) is 4.42 Å². The van der Waals surface area contributed by atoms with E-state index in [2.05, 4.69) is 45.4 Å². The van der Waals surface area contributed by atoms with E-state index in [1.54, 1.807) is 0 Å². The number of aromatic nitrogens is 2. The number of nitrogens with zero attached hydrogens (tertiary/aromatic N) is 2. The highest BCUT2D eigenvalue weighted by atomic mass is 79.9. The highest BCUT2D eigenvalue weighted by Crippen LogP contribution is 2.26. The summed E-state index contributed by atoms with van der Waals surface area (Å²) in [5, 5.41) is 8.96. The molecule has 5 heteroatoms. The van der Waals surface area contributed by atoms with Gasteiger partial charge in [0.15, 0.2) is 0 Å². The molecule has 0 radical (unpaired) electrons. The van der Waals surface area contributed by atoms with Crippen molar-refractivity contribution in [1.29, 1.82) is 0 Å². The molecule has 2 aromatic heterocycles. The van der Waals surface area contributed by atoms with Gasteiger partial charge in [0.1, 0.15) is 11.3 Å². The van der Waals surface area contributed by atoms with E-state index in [0.717, 1.165) is 33.4 Å². The van der Waals surface area contributed by atoms with Crippen molar-refractivity contribution in [2.24, 2.45) is 7.05 Å². The molecule has 1 N–H and O–H groups in total. The Morgan fingerprint density at radius 3 is 2.90 bits per heavy atom. The van der Waals surface area contributed by atoms with Gasteiger partial charge in [0.2, 0.25) is 0 Å². The molecule has 1 atom stereocenters. The third-order valence-electron chi connectivity index (χ3n) is 3.64. The van der Waals surface area contributed by atoms with Crippen molar-refractivity contribution in [2.75, 3.05) is 0 Å². The molecular weight excluding hydrogens is 330 g/mol. The fourth-order valence-corrected chi connectivity index (χ4v) is 2.81. The van der Waals surface area contributed by atoms with Crippen LogP contribution >= 0.6 is 15.9 Å².